The smallest absolute Gasteiger partial charge is 0.336 e. The molecule has 0 aromatic heterocycles. The van der Waals surface area contributed by atoms with E-state index in [1.165, 1.54) is 24.3 Å². The van der Waals surface area contributed by atoms with Gasteiger partial charge < -0.3 is 14.9 Å². The zero-order valence-electron chi connectivity index (χ0n) is 15.3. The molecule has 0 amide bonds. The Hall–Kier alpha value is -3.54. The Morgan fingerprint density at radius 3 is 2.69 bits per heavy atom. The minimum Gasteiger partial charge on any atom is -0.508 e. The van der Waals surface area contributed by atoms with Gasteiger partial charge in [0.05, 0.1) is 22.8 Å². The van der Waals surface area contributed by atoms with Crippen LogP contribution in [0.1, 0.15) is 34.8 Å². The van der Waals surface area contributed by atoms with Crippen LogP contribution in [0.15, 0.2) is 59.1 Å². The molecule has 29 heavy (non-hydrogen) atoms. The molecule has 0 saturated heterocycles. The number of carbonyl (C=O) groups is 2. The SMILES string of the molecule is CC12CC(=O)C=CC1=C(c1ccc(N=C=S)cc1C(=O)O)c1ccc(O)cc1O2. The maximum absolute atomic E-state index is 12.1. The monoisotopic (exact) mass is 405 g/mol. The van der Waals surface area contributed by atoms with Crippen molar-refractivity contribution < 1.29 is 24.5 Å². The molecule has 0 fully saturated rings. The number of phenols is 1. The van der Waals surface area contributed by atoms with E-state index in [-0.39, 0.29) is 23.5 Å². The third-order valence-electron chi connectivity index (χ3n) is 5.03. The average molecular weight is 405 g/mol. The van der Waals surface area contributed by atoms with Crippen LogP contribution in [-0.2, 0) is 4.79 Å². The predicted octanol–water partition coefficient (Wildman–Crippen LogP) is 4.31. The maximum Gasteiger partial charge on any atom is 0.336 e. The van der Waals surface area contributed by atoms with Crippen LogP contribution in [0.4, 0.5) is 5.69 Å². The third kappa shape index (κ3) is 3.16. The Morgan fingerprint density at radius 1 is 1.21 bits per heavy atom. The number of aromatic carboxylic acids is 1. The Morgan fingerprint density at radius 2 is 1.97 bits per heavy atom. The highest BCUT2D eigenvalue weighted by atomic mass is 32.1. The minimum absolute atomic E-state index is 0.0111. The number of aliphatic imine (C=N–C) groups is 1. The van der Waals surface area contributed by atoms with Gasteiger partial charge in [-0.1, -0.05) is 12.1 Å². The van der Waals surface area contributed by atoms with E-state index < -0.39 is 11.6 Å². The molecule has 1 heterocycles. The number of thiocarbonyl (C=S) groups is 1. The van der Waals surface area contributed by atoms with Gasteiger partial charge in [0.25, 0.3) is 0 Å². The number of benzene rings is 2. The van der Waals surface area contributed by atoms with Crippen LogP contribution in [-0.4, -0.2) is 32.7 Å². The largest absolute Gasteiger partial charge is 0.508 e. The van der Waals surface area contributed by atoms with E-state index in [4.69, 9.17) is 4.74 Å². The van der Waals surface area contributed by atoms with E-state index in [0.29, 0.717) is 33.7 Å². The van der Waals surface area contributed by atoms with Gasteiger partial charge in [-0.15, -0.1) is 0 Å². The molecule has 4 rings (SSSR count). The van der Waals surface area contributed by atoms with Crippen LogP contribution in [0, 0.1) is 0 Å². The number of ether oxygens (including phenoxy) is 1. The molecule has 144 valence electrons. The summed E-state index contributed by atoms with van der Waals surface area (Å²) in [5.41, 5.74) is 1.84. The average Bonchev–Trinajstić information content (AvgIpc) is 2.65. The Balaban J connectivity index is 2.08. The first-order valence-corrected chi connectivity index (χ1v) is 9.17. The molecule has 1 unspecified atom stereocenters. The zero-order valence-corrected chi connectivity index (χ0v) is 16.1. The summed E-state index contributed by atoms with van der Waals surface area (Å²) in [5, 5.41) is 22.0. The molecule has 2 aromatic carbocycles. The molecule has 2 aliphatic rings. The fourth-order valence-corrected chi connectivity index (χ4v) is 3.91. The van der Waals surface area contributed by atoms with Crippen LogP contribution in [0.5, 0.6) is 11.5 Å². The summed E-state index contributed by atoms with van der Waals surface area (Å²) in [6.07, 6.45) is 3.25. The van der Waals surface area contributed by atoms with Crippen LogP contribution in [0.3, 0.4) is 0 Å². The molecule has 7 heteroatoms. The first-order valence-electron chi connectivity index (χ1n) is 8.76. The highest BCUT2D eigenvalue weighted by molar-refractivity contribution is 7.78. The molecule has 0 saturated carbocycles. The van der Waals surface area contributed by atoms with E-state index in [0.717, 1.165) is 0 Å². The first kappa shape index (κ1) is 18.8. The zero-order chi connectivity index (χ0) is 20.8. The minimum atomic E-state index is -1.13. The van der Waals surface area contributed by atoms with E-state index >= 15 is 0 Å². The number of ketones is 1. The number of carbonyl (C=O) groups excluding carboxylic acids is 1. The lowest BCUT2D eigenvalue weighted by molar-refractivity contribution is -0.117. The van der Waals surface area contributed by atoms with Gasteiger partial charge in [-0.3, -0.25) is 4.79 Å². The van der Waals surface area contributed by atoms with Gasteiger partial charge in [-0.25, -0.2) is 4.79 Å². The van der Waals surface area contributed by atoms with E-state index in [1.807, 2.05) is 0 Å². The lowest BCUT2D eigenvalue weighted by Crippen LogP contribution is -2.41. The molecule has 0 radical (unpaired) electrons. The summed E-state index contributed by atoms with van der Waals surface area (Å²) in [6.45, 7) is 1.78. The number of aromatic hydroxyl groups is 1. The standard InChI is InChI=1S/C22H15NO5S/c1-22-10-14(25)4-7-18(22)20(16-6-3-13(24)9-19(16)28-22)15-5-2-12(23-11-29)8-17(15)21(26)27/h2-9,24H,10H2,1H3,(H,26,27). The lowest BCUT2D eigenvalue weighted by atomic mass is 9.76. The third-order valence-corrected chi connectivity index (χ3v) is 5.13. The molecule has 0 spiro atoms. The number of hydrogen-bond acceptors (Lipinski definition) is 6. The topological polar surface area (TPSA) is 96.2 Å². The predicted molar refractivity (Wildman–Crippen MR) is 110 cm³/mol. The molecule has 2 aromatic rings. The van der Waals surface area contributed by atoms with Crippen LogP contribution >= 0.6 is 12.2 Å². The van der Waals surface area contributed by atoms with Gasteiger partial charge in [0.2, 0.25) is 0 Å². The molecular formula is C22H15NO5S. The summed E-state index contributed by atoms with van der Waals surface area (Å²) in [5.74, 6) is -0.828. The van der Waals surface area contributed by atoms with Gasteiger partial charge in [-0.2, -0.15) is 4.99 Å². The van der Waals surface area contributed by atoms with Crippen molar-refractivity contribution in [2.45, 2.75) is 18.9 Å². The summed E-state index contributed by atoms with van der Waals surface area (Å²) in [6, 6.07) is 9.38. The lowest BCUT2D eigenvalue weighted by Gasteiger charge is -2.40. The number of carboxylic acids is 1. The highest BCUT2D eigenvalue weighted by Gasteiger charge is 2.42. The molecule has 0 bridgehead atoms. The van der Waals surface area contributed by atoms with Gasteiger partial charge in [0.15, 0.2) is 5.78 Å². The van der Waals surface area contributed by atoms with Crippen LogP contribution in [0.2, 0.25) is 0 Å². The number of fused-ring (bicyclic) bond motifs is 2. The second kappa shape index (κ2) is 6.81. The molecule has 6 nitrogen and oxygen atoms in total. The number of nitrogens with zero attached hydrogens (tertiary/aromatic N) is 1. The number of carboxylic acid groups (broad SMARTS) is 1. The van der Waals surface area contributed by atoms with Crippen molar-refractivity contribution in [2.24, 2.45) is 4.99 Å². The Kier molecular flexibility index (Phi) is 4.42. The van der Waals surface area contributed by atoms with Crippen molar-refractivity contribution in [3.63, 3.8) is 0 Å². The van der Waals surface area contributed by atoms with Gasteiger partial charge in [-0.05, 0) is 55.0 Å². The van der Waals surface area contributed by atoms with Crippen molar-refractivity contribution in [1.29, 1.82) is 0 Å². The normalized spacial score (nSPS) is 19.7. The number of rotatable bonds is 3. The van der Waals surface area contributed by atoms with Gasteiger partial charge >= 0.3 is 5.97 Å². The molecule has 1 aliphatic heterocycles. The fourth-order valence-electron chi connectivity index (χ4n) is 3.81. The number of isothiocyanates is 1. The molecule has 1 atom stereocenters. The van der Waals surface area contributed by atoms with Crippen molar-refractivity contribution in [3.05, 3.63) is 70.8 Å². The van der Waals surface area contributed by atoms with E-state index in [9.17, 15) is 19.8 Å². The number of allylic oxidation sites excluding steroid dienone is 1. The van der Waals surface area contributed by atoms with Gasteiger partial charge in [0, 0.05) is 22.8 Å². The Labute approximate surface area is 171 Å². The molecule has 2 N–H and O–H groups in total. The summed E-state index contributed by atoms with van der Waals surface area (Å²) < 4.78 is 6.11. The highest BCUT2D eigenvalue weighted by Crippen LogP contribution is 2.48. The number of hydrogen-bond donors (Lipinski definition) is 2. The van der Waals surface area contributed by atoms with E-state index in [2.05, 4.69) is 22.4 Å². The van der Waals surface area contributed by atoms with Gasteiger partial charge in [0.1, 0.15) is 17.1 Å². The molecular weight excluding hydrogens is 390 g/mol. The number of phenolic OH excluding ortho intramolecular Hbond substituents is 1. The maximum atomic E-state index is 12.1. The Bertz CT molecular complexity index is 1190. The van der Waals surface area contributed by atoms with Crippen molar-refractivity contribution >= 4 is 40.4 Å². The quantitative estimate of drug-likeness (QED) is 0.584. The summed E-state index contributed by atoms with van der Waals surface area (Å²) >= 11 is 4.61. The summed E-state index contributed by atoms with van der Waals surface area (Å²) in [4.78, 5) is 28.0. The van der Waals surface area contributed by atoms with Crippen molar-refractivity contribution in [3.8, 4) is 11.5 Å². The van der Waals surface area contributed by atoms with Crippen molar-refractivity contribution in [2.75, 3.05) is 0 Å². The van der Waals surface area contributed by atoms with Crippen LogP contribution < -0.4 is 4.74 Å². The first-order chi connectivity index (χ1) is 13.8. The van der Waals surface area contributed by atoms with E-state index in [1.54, 1.807) is 31.2 Å². The fraction of sp³-hybridized carbons (Fsp3) is 0.136. The summed E-state index contributed by atoms with van der Waals surface area (Å²) in [7, 11) is 0. The second-order valence-electron chi connectivity index (χ2n) is 7.02. The second-order valence-corrected chi connectivity index (χ2v) is 7.20. The molecule has 1 aliphatic carbocycles. The van der Waals surface area contributed by atoms with Crippen LogP contribution in [0.25, 0.3) is 5.57 Å². The van der Waals surface area contributed by atoms with Crippen molar-refractivity contribution in [1.82, 2.24) is 0 Å².